The van der Waals surface area contributed by atoms with Crippen LogP contribution in [0.2, 0.25) is 0 Å². The Morgan fingerprint density at radius 1 is 1.12 bits per heavy atom. The van der Waals surface area contributed by atoms with E-state index in [1.807, 2.05) is 0 Å². The number of ether oxygens (including phenoxy) is 2. The molecule has 0 spiro atoms. The van der Waals surface area contributed by atoms with Gasteiger partial charge in [-0.05, 0) is 31.5 Å². The second-order valence-corrected chi connectivity index (χ2v) is 7.78. The lowest BCUT2D eigenvalue weighted by Crippen LogP contribution is -2.51. The van der Waals surface area contributed by atoms with Crippen LogP contribution in [0, 0.1) is 0 Å². The van der Waals surface area contributed by atoms with Gasteiger partial charge in [-0.1, -0.05) is 12.1 Å². The van der Waals surface area contributed by atoms with Gasteiger partial charge in [0.05, 0.1) is 18.7 Å². The molecule has 3 rings (SSSR count). The zero-order chi connectivity index (χ0) is 24.3. The molecule has 0 saturated carbocycles. The van der Waals surface area contributed by atoms with Crippen LogP contribution in [-0.2, 0) is 19.1 Å². The van der Waals surface area contributed by atoms with E-state index in [-0.39, 0.29) is 23.9 Å². The van der Waals surface area contributed by atoms with Crippen LogP contribution in [0.15, 0.2) is 30.3 Å². The van der Waals surface area contributed by atoms with Crippen LogP contribution < -0.4 is 10.1 Å². The van der Waals surface area contributed by atoms with Crippen LogP contribution in [-0.4, -0.2) is 96.6 Å². The molecule has 1 fully saturated rings. The van der Waals surface area contributed by atoms with Gasteiger partial charge in [-0.2, -0.15) is 0 Å². The average Bonchev–Trinajstić information content (AvgIpc) is 2.85. The molecule has 1 saturated heterocycles. The first-order chi connectivity index (χ1) is 16.5. The van der Waals surface area contributed by atoms with E-state index in [9.17, 15) is 19.2 Å². The summed E-state index contributed by atoms with van der Waals surface area (Å²) in [6.07, 6.45) is 1.71. The predicted molar refractivity (Wildman–Crippen MR) is 121 cm³/mol. The number of unbranched alkanes of at least 4 members (excludes halogenated alkanes) is 1. The number of aromatic nitrogens is 1. The number of amides is 2. The van der Waals surface area contributed by atoms with E-state index in [2.05, 4.69) is 19.9 Å². The Morgan fingerprint density at radius 2 is 1.88 bits per heavy atom. The third-order valence-electron chi connectivity index (χ3n) is 5.44. The maximum absolute atomic E-state index is 12.7. The summed E-state index contributed by atoms with van der Waals surface area (Å²) in [5.74, 6) is -1.63. The van der Waals surface area contributed by atoms with Crippen molar-refractivity contribution >= 4 is 35.2 Å². The highest BCUT2D eigenvalue weighted by atomic mass is 16.5. The second kappa shape index (κ2) is 12.5. The molecule has 2 N–H and O–H groups in total. The van der Waals surface area contributed by atoms with Crippen molar-refractivity contribution in [2.24, 2.45) is 0 Å². The molecule has 182 valence electrons. The fourth-order valence-corrected chi connectivity index (χ4v) is 3.67. The number of carboxylic acid groups (broad SMARTS) is 1. The fourth-order valence-electron chi connectivity index (χ4n) is 3.67. The van der Waals surface area contributed by atoms with Gasteiger partial charge in [-0.3, -0.25) is 19.3 Å². The summed E-state index contributed by atoms with van der Waals surface area (Å²) in [5.41, 5.74) is 0.519. The van der Waals surface area contributed by atoms with Gasteiger partial charge in [0.2, 0.25) is 5.91 Å². The summed E-state index contributed by atoms with van der Waals surface area (Å²) in [4.78, 5) is 54.5. The zero-order valence-electron chi connectivity index (χ0n) is 18.8. The monoisotopic (exact) mass is 472 g/mol. The molecule has 1 aliphatic heterocycles. The quantitative estimate of drug-likeness (QED) is 0.334. The first kappa shape index (κ1) is 24.9. The molecule has 11 heteroatoms. The third kappa shape index (κ3) is 7.14. The highest BCUT2D eigenvalue weighted by Gasteiger charge is 2.22. The number of fused-ring (bicyclic) bond motifs is 1. The lowest BCUT2D eigenvalue weighted by Gasteiger charge is -2.34. The third-order valence-corrected chi connectivity index (χ3v) is 5.44. The number of pyridine rings is 1. The SMILES string of the molecule is O=COCCCCN1CCN(C(=O)CNC(=O)c2cc(OCC(=O)O)c3ccccc3n2)CC1. The number of nitrogens with one attached hydrogen (secondary N) is 1. The van der Waals surface area contributed by atoms with Crippen LogP contribution in [0.4, 0.5) is 0 Å². The standard InChI is InChI=1S/C23H28N4O7/c28-16-33-12-4-3-7-26-8-10-27(11-9-26)21(29)14-24-23(32)19-13-20(34-15-22(30)31)17-5-1-2-6-18(17)25-19/h1-2,5-6,13,16H,3-4,7-12,14-15H2,(H,24,32)(H,30,31). The molecule has 1 aromatic carbocycles. The molecule has 34 heavy (non-hydrogen) atoms. The number of nitrogens with zero attached hydrogens (tertiary/aromatic N) is 3. The van der Waals surface area contributed by atoms with Gasteiger partial charge in [0, 0.05) is 37.6 Å². The van der Waals surface area contributed by atoms with Crippen molar-refractivity contribution in [1.82, 2.24) is 20.1 Å². The molecule has 2 aromatic rings. The number of hydrogen-bond acceptors (Lipinski definition) is 8. The van der Waals surface area contributed by atoms with Gasteiger partial charge in [-0.15, -0.1) is 0 Å². The minimum atomic E-state index is -1.13. The molecule has 1 aliphatic rings. The van der Waals surface area contributed by atoms with E-state index < -0.39 is 18.5 Å². The smallest absolute Gasteiger partial charge is 0.341 e. The molecule has 0 atom stereocenters. The minimum Gasteiger partial charge on any atom is -0.481 e. The van der Waals surface area contributed by atoms with Gasteiger partial charge < -0.3 is 24.8 Å². The molecule has 0 bridgehead atoms. The van der Waals surface area contributed by atoms with Gasteiger partial charge in [0.25, 0.3) is 12.4 Å². The van der Waals surface area contributed by atoms with Crippen LogP contribution in [0.1, 0.15) is 23.3 Å². The maximum Gasteiger partial charge on any atom is 0.341 e. The highest BCUT2D eigenvalue weighted by Crippen LogP contribution is 2.25. The van der Waals surface area contributed by atoms with Crippen molar-refractivity contribution in [3.63, 3.8) is 0 Å². The lowest BCUT2D eigenvalue weighted by atomic mass is 10.1. The normalized spacial score (nSPS) is 13.9. The van der Waals surface area contributed by atoms with Crippen molar-refractivity contribution in [1.29, 1.82) is 0 Å². The predicted octanol–water partition coefficient (Wildman–Crippen LogP) is 0.525. The van der Waals surface area contributed by atoms with Crippen molar-refractivity contribution in [3.05, 3.63) is 36.0 Å². The molecular weight excluding hydrogens is 444 g/mol. The number of carbonyl (C=O) groups excluding carboxylic acids is 3. The molecule has 0 aliphatic carbocycles. The summed E-state index contributed by atoms with van der Waals surface area (Å²) >= 11 is 0. The zero-order valence-corrected chi connectivity index (χ0v) is 18.8. The number of benzene rings is 1. The molecule has 2 heterocycles. The van der Waals surface area contributed by atoms with Crippen LogP contribution in [0.5, 0.6) is 5.75 Å². The van der Waals surface area contributed by atoms with E-state index in [0.29, 0.717) is 37.1 Å². The molecule has 2 amide bonds. The van der Waals surface area contributed by atoms with Gasteiger partial charge in [-0.25, -0.2) is 9.78 Å². The Bertz CT molecular complexity index is 1020. The summed E-state index contributed by atoms with van der Waals surface area (Å²) in [6.45, 7) is 3.65. The Kier molecular flexibility index (Phi) is 9.15. The Morgan fingerprint density at radius 3 is 2.62 bits per heavy atom. The second-order valence-electron chi connectivity index (χ2n) is 7.78. The number of piperazine rings is 1. The van der Waals surface area contributed by atoms with Crippen molar-refractivity contribution in [2.45, 2.75) is 12.8 Å². The number of rotatable bonds is 12. The van der Waals surface area contributed by atoms with Crippen molar-refractivity contribution < 1.29 is 33.8 Å². The number of aliphatic carboxylic acids is 1. The summed E-state index contributed by atoms with van der Waals surface area (Å²) < 4.78 is 10.0. The lowest BCUT2D eigenvalue weighted by molar-refractivity contribution is -0.139. The van der Waals surface area contributed by atoms with Crippen molar-refractivity contribution in [2.75, 3.05) is 52.5 Å². The topological polar surface area (TPSA) is 138 Å². The Balaban J connectivity index is 1.50. The van der Waals surface area contributed by atoms with Gasteiger partial charge in [0.1, 0.15) is 11.4 Å². The van der Waals surface area contributed by atoms with E-state index in [0.717, 1.165) is 32.5 Å². The van der Waals surface area contributed by atoms with Gasteiger partial charge in [0.15, 0.2) is 6.61 Å². The first-order valence-corrected chi connectivity index (χ1v) is 11.1. The summed E-state index contributed by atoms with van der Waals surface area (Å²) in [7, 11) is 0. The van der Waals surface area contributed by atoms with E-state index in [1.54, 1.807) is 29.2 Å². The average molecular weight is 472 g/mol. The number of carboxylic acids is 1. The van der Waals surface area contributed by atoms with Gasteiger partial charge >= 0.3 is 5.97 Å². The maximum atomic E-state index is 12.7. The summed E-state index contributed by atoms with van der Waals surface area (Å²) in [6, 6.07) is 8.31. The molecule has 1 aromatic heterocycles. The number of carbonyl (C=O) groups is 4. The summed E-state index contributed by atoms with van der Waals surface area (Å²) in [5, 5.41) is 12.1. The van der Waals surface area contributed by atoms with E-state index in [4.69, 9.17) is 9.84 Å². The first-order valence-electron chi connectivity index (χ1n) is 11.1. The Hall–Kier alpha value is -3.73. The van der Waals surface area contributed by atoms with Crippen LogP contribution >= 0.6 is 0 Å². The van der Waals surface area contributed by atoms with Crippen LogP contribution in [0.3, 0.4) is 0 Å². The molecule has 11 nitrogen and oxygen atoms in total. The van der Waals surface area contributed by atoms with Crippen molar-refractivity contribution in [3.8, 4) is 5.75 Å². The molecule has 0 radical (unpaired) electrons. The number of para-hydroxylation sites is 1. The molecular formula is C23H28N4O7. The van der Waals surface area contributed by atoms with Crippen LogP contribution in [0.25, 0.3) is 10.9 Å². The highest BCUT2D eigenvalue weighted by molar-refractivity contribution is 5.98. The Labute approximate surface area is 196 Å². The number of hydrogen-bond donors (Lipinski definition) is 2. The fraction of sp³-hybridized carbons (Fsp3) is 0.435. The molecule has 0 unspecified atom stereocenters. The van der Waals surface area contributed by atoms with E-state index in [1.165, 1.54) is 6.07 Å². The van der Waals surface area contributed by atoms with E-state index >= 15 is 0 Å². The minimum absolute atomic E-state index is 0.0373. The largest absolute Gasteiger partial charge is 0.481 e.